The lowest BCUT2D eigenvalue weighted by Gasteiger charge is -2.41. The van der Waals surface area contributed by atoms with E-state index in [4.69, 9.17) is 11.6 Å². The lowest BCUT2D eigenvalue weighted by atomic mass is 10.1. The van der Waals surface area contributed by atoms with Crippen LogP contribution in [0.3, 0.4) is 0 Å². The first-order valence-corrected chi connectivity index (χ1v) is 9.08. The fourth-order valence-electron chi connectivity index (χ4n) is 3.89. The first-order valence-electron chi connectivity index (χ1n) is 8.70. The smallest absolute Gasteiger partial charge is 0.255 e. The molecule has 25 heavy (non-hydrogen) atoms. The number of fused-ring (bicyclic) bond motifs is 3. The van der Waals surface area contributed by atoms with Crippen LogP contribution in [0.1, 0.15) is 15.9 Å². The third-order valence-electron chi connectivity index (χ3n) is 5.17. The van der Waals surface area contributed by atoms with Gasteiger partial charge in [0.25, 0.3) is 5.91 Å². The maximum atomic E-state index is 13.1. The molecule has 5 heteroatoms. The van der Waals surface area contributed by atoms with Gasteiger partial charge in [-0.05, 0) is 30.8 Å². The van der Waals surface area contributed by atoms with E-state index in [0.29, 0.717) is 29.7 Å². The molecule has 0 N–H and O–H groups in total. The molecule has 0 radical (unpaired) electrons. The van der Waals surface area contributed by atoms with Crippen molar-refractivity contribution in [2.45, 2.75) is 12.6 Å². The Kier molecular flexibility index (Phi) is 4.40. The van der Waals surface area contributed by atoms with E-state index >= 15 is 0 Å². The van der Waals surface area contributed by atoms with Gasteiger partial charge >= 0.3 is 0 Å². The van der Waals surface area contributed by atoms with Crippen molar-refractivity contribution in [1.29, 1.82) is 0 Å². The summed E-state index contributed by atoms with van der Waals surface area (Å²) in [6.07, 6.45) is 0. The van der Waals surface area contributed by atoms with Crippen LogP contribution < -0.4 is 4.90 Å². The number of likely N-dealkylation sites (N-methyl/N-ethyl adjacent to an activating group) is 1. The van der Waals surface area contributed by atoms with Crippen molar-refractivity contribution in [3.63, 3.8) is 0 Å². The Balaban J connectivity index is 1.71. The number of carbonyl (C=O) groups excluding carboxylic acids is 1. The molecule has 2 aliphatic rings. The molecule has 0 aliphatic carbocycles. The molecule has 2 aromatic carbocycles. The van der Waals surface area contributed by atoms with Gasteiger partial charge in [-0.2, -0.15) is 0 Å². The van der Waals surface area contributed by atoms with Gasteiger partial charge in [0.1, 0.15) is 0 Å². The van der Waals surface area contributed by atoms with Crippen molar-refractivity contribution < 1.29 is 4.79 Å². The van der Waals surface area contributed by atoms with Gasteiger partial charge in [-0.1, -0.05) is 41.9 Å². The third kappa shape index (κ3) is 3.12. The topological polar surface area (TPSA) is 26.8 Å². The van der Waals surface area contributed by atoms with Gasteiger partial charge in [-0.15, -0.1) is 0 Å². The zero-order valence-corrected chi connectivity index (χ0v) is 15.1. The van der Waals surface area contributed by atoms with Crippen molar-refractivity contribution in [3.8, 4) is 0 Å². The predicted octanol–water partition coefficient (Wildman–Crippen LogP) is 3.12. The maximum absolute atomic E-state index is 13.1. The molecule has 2 aromatic rings. The molecule has 1 atom stereocenters. The van der Waals surface area contributed by atoms with Crippen LogP contribution in [0.5, 0.6) is 0 Å². The SMILES string of the molecule is CN1CCN2c3ccccc3CN(C(=O)c3ccccc3Cl)CC2C1. The van der Waals surface area contributed by atoms with E-state index in [1.807, 2.05) is 29.2 Å². The monoisotopic (exact) mass is 355 g/mol. The van der Waals surface area contributed by atoms with Gasteiger partial charge in [0.2, 0.25) is 0 Å². The number of piperazine rings is 1. The van der Waals surface area contributed by atoms with Crippen molar-refractivity contribution >= 4 is 23.2 Å². The lowest BCUT2D eigenvalue weighted by Crippen LogP contribution is -2.55. The van der Waals surface area contributed by atoms with E-state index in [-0.39, 0.29) is 5.91 Å². The second-order valence-corrected chi connectivity index (χ2v) is 7.31. The summed E-state index contributed by atoms with van der Waals surface area (Å²) < 4.78 is 0. The van der Waals surface area contributed by atoms with Crippen LogP contribution in [-0.2, 0) is 6.54 Å². The molecule has 130 valence electrons. The average Bonchev–Trinajstić information content (AvgIpc) is 2.78. The number of amides is 1. The van der Waals surface area contributed by atoms with Crippen LogP contribution in [0.2, 0.25) is 5.02 Å². The predicted molar refractivity (Wildman–Crippen MR) is 101 cm³/mol. The van der Waals surface area contributed by atoms with E-state index in [1.54, 1.807) is 6.07 Å². The molecule has 2 heterocycles. The second-order valence-electron chi connectivity index (χ2n) is 6.90. The van der Waals surface area contributed by atoms with Crippen LogP contribution in [0.25, 0.3) is 0 Å². The standard InChI is InChI=1S/C20H22ClN3O/c1-22-10-11-24-16(13-22)14-23(12-15-6-2-5-9-19(15)24)20(25)17-7-3-4-8-18(17)21/h2-9,16H,10-14H2,1H3. The van der Waals surface area contributed by atoms with E-state index in [9.17, 15) is 4.79 Å². The molecule has 1 amide bonds. The molecule has 1 saturated heterocycles. The van der Waals surface area contributed by atoms with Crippen LogP contribution in [0, 0.1) is 0 Å². The van der Waals surface area contributed by atoms with Gasteiger partial charge in [0.05, 0.1) is 16.6 Å². The number of anilines is 1. The largest absolute Gasteiger partial charge is 0.364 e. The first kappa shape index (κ1) is 16.4. The number of hydrogen-bond donors (Lipinski definition) is 0. The van der Waals surface area contributed by atoms with Crippen molar-refractivity contribution in [2.24, 2.45) is 0 Å². The maximum Gasteiger partial charge on any atom is 0.255 e. The number of para-hydroxylation sites is 1. The fourth-order valence-corrected chi connectivity index (χ4v) is 4.11. The second kappa shape index (κ2) is 6.70. The van der Waals surface area contributed by atoms with Crippen LogP contribution in [-0.4, -0.2) is 55.0 Å². The Morgan fingerprint density at radius 3 is 2.64 bits per heavy atom. The van der Waals surface area contributed by atoms with E-state index in [1.165, 1.54) is 11.3 Å². The third-order valence-corrected chi connectivity index (χ3v) is 5.50. The van der Waals surface area contributed by atoms with Crippen LogP contribution >= 0.6 is 11.6 Å². The summed E-state index contributed by atoms with van der Waals surface area (Å²) in [5.41, 5.74) is 3.05. The Labute approximate surface area is 153 Å². The molecule has 0 saturated carbocycles. The lowest BCUT2D eigenvalue weighted by molar-refractivity contribution is 0.0724. The van der Waals surface area contributed by atoms with E-state index in [0.717, 1.165) is 19.6 Å². The molecule has 2 aliphatic heterocycles. The van der Waals surface area contributed by atoms with Gasteiger partial charge in [-0.25, -0.2) is 0 Å². The highest BCUT2D eigenvalue weighted by Crippen LogP contribution is 2.30. The van der Waals surface area contributed by atoms with Crippen LogP contribution in [0.4, 0.5) is 5.69 Å². The zero-order valence-electron chi connectivity index (χ0n) is 14.4. The summed E-state index contributed by atoms with van der Waals surface area (Å²) in [5.74, 6) is 0.00970. The molecular formula is C20H22ClN3O. The Morgan fingerprint density at radius 1 is 1.04 bits per heavy atom. The minimum atomic E-state index is 0.00970. The summed E-state index contributed by atoms with van der Waals surface area (Å²) in [6, 6.07) is 16.1. The normalized spacial score (nSPS) is 20.6. The van der Waals surface area contributed by atoms with Crippen molar-refractivity contribution in [3.05, 3.63) is 64.7 Å². The molecule has 0 spiro atoms. The first-order chi connectivity index (χ1) is 12.1. The van der Waals surface area contributed by atoms with Crippen molar-refractivity contribution in [1.82, 2.24) is 9.80 Å². The summed E-state index contributed by atoms with van der Waals surface area (Å²) in [5, 5.41) is 0.516. The number of halogens is 1. The summed E-state index contributed by atoms with van der Waals surface area (Å²) in [4.78, 5) is 19.9. The molecular weight excluding hydrogens is 334 g/mol. The molecule has 4 nitrogen and oxygen atoms in total. The Bertz CT molecular complexity index is 794. The molecule has 1 fully saturated rings. The van der Waals surface area contributed by atoms with Gasteiger partial charge < -0.3 is 14.7 Å². The van der Waals surface area contributed by atoms with E-state index in [2.05, 4.69) is 35.0 Å². The quantitative estimate of drug-likeness (QED) is 0.786. The number of carbonyl (C=O) groups is 1. The molecule has 1 unspecified atom stereocenters. The highest BCUT2D eigenvalue weighted by atomic mass is 35.5. The zero-order chi connectivity index (χ0) is 17.4. The van der Waals surface area contributed by atoms with Gasteiger partial charge in [0, 0.05) is 38.4 Å². The van der Waals surface area contributed by atoms with Crippen LogP contribution in [0.15, 0.2) is 48.5 Å². The number of benzene rings is 2. The van der Waals surface area contributed by atoms with Gasteiger partial charge in [0.15, 0.2) is 0 Å². The Hall–Kier alpha value is -2.04. The molecule has 0 aromatic heterocycles. The minimum Gasteiger partial charge on any atom is -0.364 e. The summed E-state index contributed by atoms with van der Waals surface area (Å²) in [7, 11) is 2.15. The van der Waals surface area contributed by atoms with E-state index < -0.39 is 0 Å². The minimum absolute atomic E-state index is 0.00970. The van der Waals surface area contributed by atoms with Crippen molar-refractivity contribution in [2.75, 3.05) is 38.1 Å². The fraction of sp³-hybridized carbons (Fsp3) is 0.350. The number of rotatable bonds is 1. The highest BCUT2D eigenvalue weighted by molar-refractivity contribution is 6.33. The van der Waals surface area contributed by atoms with Gasteiger partial charge in [-0.3, -0.25) is 4.79 Å². The number of nitrogens with zero attached hydrogens (tertiary/aromatic N) is 3. The summed E-state index contributed by atoms with van der Waals surface area (Å²) in [6.45, 7) is 4.33. The molecule has 0 bridgehead atoms. The summed E-state index contributed by atoms with van der Waals surface area (Å²) >= 11 is 6.27. The number of hydrogen-bond acceptors (Lipinski definition) is 3. The highest BCUT2D eigenvalue weighted by Gasteiger charge is 2.33. The molecule has 4 rings (SSSR count). The Morgan fingerprint density at radius 2 is 1.80 bits per heavy atom. The average molecular weight is 356 g/mol.